The average Bonchev–Trinajstić information content (AvgIpc) is 1.95. The fourth-order valence-electron chi connectivity index (χ4n) is 2.38. The fraction of sp³-hybridized carbons (Fsp3) is 1.00. The van der Waals surface area contributed by atoms with Crippen LogP contribution in [0.25, 0.3) is 0 Å². The van der Waals surface area contributed by atoms with Gasteiger partial charge in [0.15, 0.2) is 0 Å². The van der Waals surface area contributed by atoms with E-state index in [4.69, 9.17) is 0 Å². The van der Waals surface area contributed by atoms with Crippen LogP contribution in [0.3, 0.4) is 0 Å². The van der Waals surface area contributed by atoms with Crippen molar-refractivity contribution in [1.29, 1.82) is 0 Å². The summed E-state index contributed by atoms with van der Waals surface area (Å²) in [5, 5.41) is 3.55. The number of nitrogens with one attached hydrogen (secondary N) is 1. The number of hydrogen-bond acceptors (Lipinski definition) is 2. The Labute approximate surface area is 109 Å². The summed E-state index contributed by atoms with van der Waals surface area (Å²) in [6.45, 7) is 22.7. The largest absolute Gasteiger partial charge is 0.312 e. The van der Waals surface area contributed by atoms with Crippen molar-refractivity contribution in [3.05, 3.63) is 0 Å². The maximum absolute atomic E-state index is 3.55. The first-order chi connectivity index (χ1) is 7.34. The summed E-state index contributed by atoms with van der Waals surface area (Å²) >= 11 is 0. The van der Waals surface area contributed by atoms with Gasteiger partial charge in [-0.05, 0) is 75.3 Å². The summed E-state index contributed by atoms with van der Waals surface area (Å²) in [7, 11) is 0. The van der Waals surface area contributed by atoms with E-state index in [2.05, 4.69) is 72.5 Å². The first-order valence-corrected chi connectivity index (χ1v) is 6.87. The molecule has 0 amide bonds. The van der Waals surface area contributed by atoms with Crippen LogP contribution in [0, 0.1) is 0 Å². The summed E-state index contributed by atoms with van der Waals surface area (Å²) < 4.78 is 0. The average molecular weight is 242 g/mol. The van der Waals surface area contributed by atoms with Crippen LogP contribution in [-0.4, -0.2) is 34.6 Å². The summed E-state index contributed by atoms with van der Waals surface area (Å²) in [5.41, 5.74) is 0.703. The van der Waals surface area contributed by atoms with Gasteiger partial charge in [0.2, 0.25) is 0 Å². The van der Waals surface area contributed by atoms with Crippen LogP contribution in [0.15, 0.2) is 0 Å². The molecule has 0 rings (SSSR count). The first-order valence-electron chi connectivity index (χ1n) is 6.87. The maximum Gasteiger partial charge on any atom is 0.0130 e. The van der Waals surface area contributed by atoms with Crippen molar-refractivity contribution >= 4 is 0 Å². The Morgan fingerprint density at radius 1 is 0.765 bits per heavy atom. The Hall–Kier alpha value is -0.0800. The molecule has 2 heteroatoms. The molecular formula is C15H34N2. The number of rotatable bonds is 4. The summed E-state index contributed by atoms with van der Waals surface area (Å²) in [6.07, 6.45) is 1.20. The lowest BCUT2D eigenvalue weighted by atomic mass is 9.95. The van der Waals surface area contributed by atoms with Crippen LogP contribution in [0.5, 0.6) is 0 Å². The Morgan fingerprint density at radius 2 is 1.18 bits per heavy atom. The molecule has 0 aliphatic rings. The molecule has 0 aromatic heterocycles. The summed E-state index contributed by atoms with van der Waals surface area (Å²) in [5.74, 6) is 0. The van der Waals surface area contributed by atoms with Crippen LogP contribution in [0.2, 0.25) is 0 Å². The van der Waals surface area contributed by atoms with E-state index < -0.39 is 0 Å². The highest BCUT2D eigenvalue weighted by Gasteiger charge is 2.30. The molecule has 17 heavy (non-hydrogen) atoms. The van der Waals surface area contributed by atoms with E-state index in [9.17, 15) is 0 Å². The quantitative estimate of drug-likeness (QED) is 0.757. The molecule has 104 valence electrons. The van der Waals surface area contributed by atoms with Crippen molar-refractivity contribution in [2.45, 2.75) is 85.4 Å². The molecule has 0 aromatic carbocycles. The molecule has 0 bridgehead atoms. The van der Waals surface area contributed by atoms with Gasteiger partial charge in [0.1, 0.15) is 0 Å². The monoisotopic (exact) mass is 242 g/mol. The van der Waals surface area contributed by atoms with Crippen LogP contribution in [0.4, 0.5) is 0 Å². The third kappa shape index (κ3) is 7.77. The second-order valence-electron chi connectivity index (χ2n) is 8.02. The van der Waals surface area contributed by atoms with Gasteiger partial charge in [-0.3, -0.25) is 4.90 Å². The van der Waals surface area contributed by atoms with Gasteiger partial charge >= 0.3 is 0 Å². The van der Waals surface area contributed by atoms with Crippen molar-refractivity contribution in [2.75, 3.05) is 13.1 Å². The van der Waals surface area contributed by atoms with Gasteiger partial charge in [0.05, 0.1) is 0 Å². The van der Waals surface area contributed by atoms with Crippen molar-refractivity contribution in [3.63, 3.8) is 0 Å². The van der Waals surface area contributed by atoms with Crippen LogP contribution in [0.1, 0.15) is 68.7 Å². The Bertz CT molecular complexity index is 199. The molecule has 0 aliphatic carbocycles. The molecule has 0 aromatic rings. The second kappa shape index (κ2) is 5.71. The van der Waals surface area contributed by atoms with E-state index in [-0.39, 0.29) is 16.6 Å². The van der Waals surface area contributed by atoms with Crippen molar-refractivity contribution in [2.24, 2.45) is 0 Å². The molecule has 0 aliphatic heterocycles. The minimum Gasteiger partial charge on any atom is -0.312 e. The van der Waals surface area contributed by atoms with E-state index in [0.29, 0.717) is 0 Å². The standard InChI is InChI=1S/C15H34N2/c1-13(2,3)16-11-10-12-17(14(4,5)6)15(7,8)9/h16H,10-12H2,1-9H3. The third-order valence-electron chi connectivity index (χ3n) is 2.83. The van der Waals surface area contributed by atoms with E-state index in [1.54, 1.807) is 0 Å². The molecule has 0 fully saturated rings. The minimum absolute atomic E-state index is 0.230. The SMILES string of the molecule is CC(C)(C)NCCCN(C(C)(C)C)C(C)(C)C. The topological polar surface area (TPSA) is 15.3 Å². The van der Waals surface area contributed by atoms with Crippen molar-refractivity contribution < 1.29 is 0 Å². The van der Waals surface area contributed by atoms with Gasteiger partial charge in [0, 0.05) is 23.2 Å². The molecule has 0 saturated carbocycles. The highest BCUT2D eigenvalue weighted by molar-refractivity contribution is 4.86. The lowest BCUT2D eigenvalue weighted by molar-refractivity contribution is 0.0371. The predicted molar refractivity (Wildman–Crippen MR) is 78.6 cm³/mol. The molecule has 0 unspecified atom stereocenters. The van der Waals surface area contributed by atoms with Gasteiger partial charge in [-0.15, -0.1) is 0 Å². The fourth-order valence-corrected chi connectivity index (χ4v) is 2.38. The van der Waals surface area contributed by atoms with Gasteiger partial charge in [-0.2, -0.15) is 0 Å². The van der Waals surface area contributed by atoms with Crippen molar-refractivity contribution in [3.8, 4) is 0 Å². The molecule has 0 radical (unpaired) electrons. The van der Waals surface area contributed by atoms with Crippen LogP contribution < -0.4 is 5.32 Å². The maximum atomic E-state index is 3.55. The zero-order chi connectivity index (χ0) is 13.9. The summed E-state index contributed by atoms with van der Waals surface area (Å²) in [6, 6.07) is 0. The predicted octanol–water partition coefficient (Wildman–Crippen LogP) is 3.66. The highest BCUT2D eigenvalue weighted by atomic mass is 15.2. The lowest BCUT2D eigenvalue weighted by Gasteiger charge is -2.45. The lowest BCUT2D eigenvalue weighted by Crippen LogP contribution is -2.53. The van der Waals surface area contributed by atoms with E-state index >= 15 is 0 Å². The smallest absolute Gasteiger partial charge is 0.0130 e. The number of nitrogens with zero attached hydrogens (tertiary/aromatic N) is 1. The van der Waals surface area contributed by atoms with Gasteiger partial charge in [0.25, 0.3) is 0 Å². The summed E-state index contributed by atoms with van der Waals surface area (Å²) in [4.78, 5) is 2.59. The third-order valence-corrected chi connectivity index (χ3v) is 2.83. The number of hydrogen-bond donors (Lipinski definition) is 1. The second-order valence-corrected chi connectivity index (χ2v) is 8.02. The molecular weight excluding hydrogens is 208 g/mol. The zero-order valence-corrected chi connectivity index (χ0v) is 13.6. The van der Waals surface area contributed by atoms with Crippen molar-refractivity contribution in [1.82, 2.24) is 10.2 Å². The molecule has 0 saturated heterocycles. The Balaban J connectivity index is 4.22. The van der Waals surface area contributed by atoms with Crippen LogP contribution in [-0.2, 0) is 0 Å². The zero-order valence-electron chi connectivity index (χ0n) is 13.6. The van der Waals surface area contributed by atoms with E-state index in [1.165, 1.54) is 6.42 Å². The molecule has 2 nitrogen and oxygen atoms in total. The first kappa shape index (κ1) is 16.9. The normalized spacial score (nSPS) is 14.5. The molecule has 0 heterocycles. The molecule has 1 N–H and O–H groups in total. The van der Waals surface area contributed by atoms with Gasteiger partial charge in [-0.1, -0.05) is 0 Å². The van der Waals surface area contributed by atoms with Gasteiger partial charge < -0.3 is 5.32 Å². The molecule has 0 spiro atoms. The minimum atomic E-state index is 0.230. The Morgan fingerprint density at radius 3 is 1.47 bits per heavy atom. The van der Waals surface area contributed by atoms with Crippen LogP contribution >= 0.6 is 0 Å². The van der Waals surface area contributed by atoms with E-state index in [1.807, 2.05) is 0 Å². The van der Waals surface area contributed by atoms with Gasteiger partial charge in [-0.25, -0.2) is 0 Å². The molecule has 0 atom stereocenters. The Kier molecular flexibility index (Phi) is 5.68. The highest BCUT2D eigenvalue weighted by Crippen LogP contribution is 2.24. The van der Waals surface area contributed by atoms with E-state index in [0.717, 1.165) is 13.1 Å².